The predicted molar refractivity (Wildman–Crippen MR) is 83.1 cm³/mol. The average Bonchev–Trinajstić information content (AvgIpc) is 2.48. The lowest BCUT2D eigenvalue weighted by molar-refractivity contribution is 0.102. The van der Waals surface area contributed by atoms with Crippen LogP contribution in [0.15, 0.2) is 34.9 Å². The summed E-state index contributed by atoms with van der Waals surface area (Å²) in [7, 11) is 1.78. The smallest absolute Gasteiger partial charge is 0.257 e. The lowest BCUT2D eigenvalue weighted by Gasteiger charge is -2.08. The van der Waals surface area contributed by atoms with Gasteiger partial charge in [0.1, 0.15) is 11.6 Å². The molecule has 20 heavy (non-hydrogen) atoms. The van der Waals surface area contributed by atoms with Gasteiger partial charge in [-0.25, -0.2) is 9.97 Å². The number of rotatable bonds is 4. The first-order valence-corrected chi connectivity index (χ1v) is 7.03. The van der Waals surface area contributed by atoms with Gasteiger partial charge in [-0.15, -0.1) is 0 Å². The number of carbonyl (C=O) groups excluding carboxylic acids is 1. The molecule has 1 amide bonds. The molecule has 0 atom stereocenters. The van der Waals surface area contributed by atoms with Crippen molar-refractivity contribution >= 4 is 33.5 Å². The molecular formula is C14H15BrN4O. The average molecular weight is 335 g/mol. The number of aromatic nitrogens is 2. The van der Waals surface area contributed by atoms with Gasteiger partial charge in [0.05, 0.1) is 0 Å². The van der Waals surface area contributed by atoms with Crippen molar-refractivity contribution in [2.75, 3.05) is 17.7 Å². The number of aryl methyl sites for hydroxylation is 1. The van der Waals surface area contributed by atoms with E-state index < -0.39 is 0 Å². The number of nitrogens with one attached hydrogen (secondary N) is 2. The number of hydrogen-bond donors (Lipinski definition) is 2. The van der Waals surface area contributed by atoms with Crippen LogP contribution >= 0.6 is 15.9 Å². The number of hydrogen-bond acceptors (Lipinski definition) is 4. The molecule has 0 aliphatic heterocycles. The zero-order valence-electron chi connectivity index (χ0n) is 11.3. The van der Waals surface area contributed by atoms with Gasteiger partial charge in [0.25, 0.3) is 5.91 Å². The summed E-state index contributed by atoms with van der Waals surface area (Å²) in [4.78, 5) is 20.7. The van der Waals surface area contributed by atoms with Crippen LogP contribution in [-0.2, 0) is 6.42 Å². The van der Waals surface area contributed by atoms with Crippen molar-refractivity contribution in [3.05, 3.63) is 46.2 Å². The summed E-state index contributed by atoms with van der Waals surface area (Å²) in [6.45, 7) is 2.00. The minimum absolute atomic E-state index is 0.201. The van der Waals surface area contributed by atoms with Gasteiger partial charge in [-0.3, -0.25) is 4.79 Å². The SMILES string of the molecule is CCc1cc(C(=O)Nc2ccc(Br)cn2)cc(NC)n1. The van der Waals surface area contributed by atoms with E-state index in [2.05, 4.69) is 36.5 Å². The fourth-order valence-corrected chi connectivity index (χ4v) is 1.90. The van der Waals surface area contributed by atoms with Crippen molar-refractivity contribution < 1.29 is 4.79 Å². The number of pyridine rings is 2. The largest absolute Gasteiger partial charge is 0.373 e. The van der Waals surface area contributed by atoms with Gasteiger partial charge < -0.3 is 10.6 Å². The molecule has 0 aliphatic carbocycles. The highest BCUT2D eigenvalue weighted by molar-refractivity contribution is 9.10. The molecule has 6 heteroatoms. The van der Waals surface area contributed by atoms with Gasteiger partial charge in [0.15, 0.2) is 0 Å². The Morgan fingerprint density at radius 3 is 2.70 bits per heavy atom. The first-order chi connectivity index (χ1) is 9.62. The van der Waals surface area contributed by atoms with Gasteiger partial charge >= 0.3 is 0 Å². The maximum absolute atomic E-state index is 12.2. The number of halogens is 1. The van der Waals surface area contributed by atoms with E-state index >= 15 is 0 Å². The Morgan fingerprint density at radius 2 is 2.10 bits per heavy atom. The molecule has 2 rings (SSSR count). The highest BCUT2D eigenvalue weighted by atomic mass is 79.9. The quantitative estimate of drug-likeness (QED) is 0.901. The van der Waals surface area contributed by atoms with E-state index in [0.717, 1.165) is 16.6 Å². The topological polar surface area (TPSA) is 66.9 Å². The summed E-state index contributed by atoms with van der Waals surface area (Å²) in [6.07, 6.45) is 2.41. The second kappa shape index (κ2) is 6.47. The lowest BCUT2D eigenvalue weighted by atomic mass is 10.2. The zero-order chi connectivity index (χ0) is 14.5. The Kier molecular flexibility index (Phi) is 4.68. The second-order valence-corrected chi connectivity index (χ2v) is 5.07. The van der Waals surface area contributed by atoms with Crippen molar-refractivity contribution in [1.82, 2.24) is 9.97 Å². The molecule has 0 spiro atoms. The van der Waals surface area contributed by atoms with E-state index in [-0.39, 0.29) is 5.91 Å². The van der Waals surface area contributed by atoms with Crippen LogP contribution in [0.4, 0.5) is 11.6 Å². The molecule has 104 valence electrons. The Balaban J connectivity index is 2.22. The Labute approximate surface area is 126 Å². The van der Waals surface area contributed by atoms with Gasteiger partial charge in [0, 0.05) is 29.0 Å². The van der Waals surface area contributed by atoms with Crippen LogP contribution < -0.4 is 10.6 Å². The molecule has 2 aromatic rings. The summed E-state index contributed by atoms with van der Waals surface area (Å²) < 4.78 is 0.866. The fourth-order valence-electron chi connectivity index (χ4n) is 1.67. The van der Waals surface area contributed by atoms with Crippen molar-refractivity contribution in [2.24, 2.45) is 0 Å². The maximum atomic E-state index is 12.2. The summed E-state index contributed by atoms with van der Waals surface area (Å²) in [6, 6.07) is 7.07. The van der Waals surface area contributed by atoms with Crippen LogP contribution in [0.2, 0.25) is 0 Å². The number of carbonyl (C=O) groups is 1. The summed E-state index contributed by atoms with van der Waals surface area (Å²) >= 11 is 3.30. The van der Waals surface area contributed by atoms with E-state index in [1.165, 1.54) is 0 Å². The third-order valence-electron chi connectivity index (χ3n) is 2.73. The van der Waals surface area contributed by atoms with Crippen molar-refractivity contribution in [3.8, 4) is 0 Å². The van der Waals surface area contributed by atoms with Crippen LogP contribution in [0.5, 0.6) is 0 Å². The summed E-state index contributed by atoms with van der Waals surface area (Å²) in [5.74, 6) is 0.991. The molecule has 0 saturated heterocycles. The summed E-state index contributed by atoms with van der Waals surface area (Å²) in [5, 5.41) is 5.72. The molecule has 2 heterocycles. The zero-order valence-corrected chi connectivity index (χ0v) is 12.9. The van der Waals surface area contributed by atoms with Crippen LogP contribution in [0.25, 0.3) is 0 Å². The molecule has 2 aromatic heterocycles. The minimum atomic E-state index is -0.201. The van der Waals surface area contributed by atoms with Crippen LogP contribution in [0.3, 0.4) is 0 Å². The molecule has 0 unspecified atom stereocenters. The van der Waals surface area contributed by atoms with Crippen molar-refractivity contribution in [2.45, 2.75) is 13.3 Å². The molecule has 0 aliphatic rings. The van der Waals surface area contributed by atoms with Crippen LogP contribution in [0.1, 0.15) is 23.0 Å². The number of nitrogens with zero attached hydrogens (tertiary/aromatic N) is 2. The lowest BCUT2D eigenvalue weighted by Crippen LogP contribution is -2.14. The van der Waals surface area contributed by atoms with Gasteiger partial charge in [-0.2, -0.15) is 0 Å². The molecular weight excluding hydrogens is 320 g/mol. The van der Waals surface area contributed by atoms with E-state index in [0.29, 0.717) is 17.2 Å². The Bertz CT molecular complexity index is 591. The van der Waals surface area contributed by atoms with Crippen LogP contribution in [0, 0.1) is 0 Å². The van der Waals surface area contributed by atoms with E-state index in [4.69, 9.17) is 0 Å². The third kappa shape index (κ3) is 3.54. The monoisotopic (exact) mass is 334 g/mol. The molecule has 0 radical (unpaired) electrons. The second-order valence-electron chi connectivity index (χ2n) is 4.15. The standard InChI is InChI=1S/C14H15BrN4O/c1-3-11-6-9(7-13(16-2)18-11)14(20)19-12-5-4-10(15)8-17-12/h4-8H,3H2,1-2H3,(H,16,18)(H,17,19,20). The van der Waals surface area contributed by atoms with Crippen molar-refractivity contribution in [1.29, 1.82) is 0 Å². The highest BCUT2D eigenvalue weighted by Crippen LogP contribution is 2.14. The van der Waals surface area contributed by atoms with Crippen LogP contribution in [-0.4, -0.2) is 22.9 Å². The van der Waals surface area contributed by atoms with Crippen molar-refractivity contribution in [3.63, 3.8) is 0 Å². The number of anilines is 2. The Morgan fingerprint density at radius 1 is 1.30 bits per heavy atom. The van der Waals surface area contributed by atoms with E-state index in [1.54, 1.807) is 31.4 Å². The fraction of sp³-hybridized carbons (Fsp3) is 0.214. The molecule has 0 fully saturated rings. The molecule has 5 nitrogen and oxygen atoms in total. The maximum Gasteiger partial charge on any atom is 0.257 e. The first-order valence-electron chi connectivity index (χ1n) is 6.24. The summed E-state index contributed by atoms with van der Waals surface area (Å²) in [5.41, 5.74) is 1.43. The number of amides is 1. The minimum Gasteiger partial charge on any atom is -0.373 e. The molecule has 2 N–H and O–H groups in total. The highest BCUT2D eigenvalue weighted by Gasteiger charge is 2.10. The molecule has 0 saturated carbocycles. The van der Waals surface area contributed by atoms with E-state index in [1.807, 2.05) is 13.0 Å². The molecule has 0 aromatic carbocycles. The normalized spacial score (nSPS) is 10.2. The predicted octanol–water partition coefficient (Wildman–Crippen LogP) is 3.10. The van der Waals surface area contributed by atoms with Gasteiger partial charge in [-0.1, -0.05) is 6.92 Å². The Hall–Kier alpha value is -1.95. The van der Waals surface area contributed by atoms with E-state index in [9.17, 15) is 4.79 Å². The molecule has 0 bridgehead atoms. The third-order valence-corrected chi connectivity index (χ3v) is 3.20. The van der Waals surface area contributed by atoms with Gasteiger partial charge in [-0.05, 0) is 46.6 Å². The van der Waals surface area contributed by atoms with Gasteiger partial charge in [0.2, 0.25) is 0 Å². The first kappa shape index (κ1) is 14.5.